The van der Waals surface area contributed by atoms with Crippen molar-refractivity contribution in [2.45, 2.75) is 37.7 Å². The fraction of sp³-hybridized carbons (Fsp3) is 0.412. The van der Waals surface area contributed by atoms with E-state index in [1.807, 2.05) is 12.3 Å². The smallest absolute Gasteiger partial charge is 0.121 e. The van der Waals surface area contributed by atoms with E-state index in [0.717, 1.165) is 31.4 Å². The number of ether oxygens (including phenoxy) is 1. The second-order valence-corrected chi connectivity index (χ2v) is 7.36. The molecule has 0 N–H and O–H groups in total. The van der Waals surface area contributed by atoms with Gasteiger partial charge in [-0.3, -0.25) is 0 Å². The van der Waals surface area contributed by atoms with E-state index >= 15 is 0 Å². The Labute approximate surface area is 154 Å². The topological polar surface area (TPSA) is 50.8 Å². The predicted molar refractivity (Wildman–Crippen MR) is 97.7 cm³/mol. The second kappa shape index (κ2) is 7.10. The molecule has 1 saturated carbocycles. The summed E-state index contributed by atoms with van der Waals surface area (Å²) in [6.45, 7) is 0. The van der Waals surface area contributed by atoms with Gasteiger partial charge in [0.25, 0.3) is 0 Å². The quantitative estimate of drug-likeness (QED) is 0.651. The number of rotatable bonds is 3. The Balaban J connectivity index is 1.60. The van der Waals surface area contributed by atoms with Crippen molar-refractivity contribution in [1.82, 2.24) is 9.55 Å². The van der Waals surface area contributed by atoms with Crippen molar-refractivity contribution >= 4 is 34.2 Å². The highest BCUT2D eigenvalue weighted by Gasteiger charge is 2.26. The molecule has 0 radical (unpaired) electrons. The maximum atomic E-state index is 8.91. The minimum atomic E-state index is 0.203. The Hall–Kier alpha value is -1.26. The van der Waals surface area contributed by atoms with Gasteiger partial charge >= 0.3 is 0 Å². The Morgan fingerprint density at radius 2 is 2.09 bits per heavy atom. The van der Waals surface area contributed by atoms with E-state index in [4.69, 9.17) is 21.6 Å². The minimum Gasteiger partial charge on any atom is -0.490 e. The van der Waals surface area contributed by atoms with Gasteiger partial charge in [-0.25, -0.2) is 4.98 Å². The van der Waals surface area contributed by atoms with Gasteiger partial charge in [-0.15, -0.1) is 0 Å². The zero-order valence-electron chi connectivity index (χ0n) is 12.8. The number of imidazole rings is 1. The van der Waals surface area contributed by atoms with Crippen molar-refractivity contribution in [2.75, 3.05) is 0 Å². The third-order valence-electron chi connectivity index (χ3n) is 4.37. The summed E-state index contributed by atoms with van der Waals surface area (Å²) in [7, 11) is 2.07. The molecule has 0 atom stereocenters. The lowest BCUT2D eigenvalue weighted by molar-refractivity contribution is 0.144. The fourth-order valence-corrected chi connectivity index (χ4v) is 3.67. The van der Waals surface area contributed by atoms with Crippen LogP contribution in [0.2, 0.25) is 5.02 Å². The first-order valence-electron chi connectivity index (χ1n) is 7.62. The number of benzene rings is 1. The Bertz CT molecular complexity index is 745. The molecule has 2 aromatic rings. The first kappa shape index (κ1) is 16.6. The summed E-state index contributed by atoms with van der Waals surface area (Å²) >= 11 is 8.37. The molecule has 120 valence electrons. The lowest BCUT2D eigenvalue weighted by Crippen LogP contribution is -2.24. The highest BCUT2D eigenvalue weighted by molar-refractivity contribution is 14.1. The van der Waals surface area contributed by atoms with Gasteiger partial charge < -0.3 is 9.30 Å². The lowest BCUT2D eigenvalue weighted by Gasteiger charge is -2.28. The van der Waals surface area contributed by atoms with Crippen molar-refractivity contribution < 1.29 is 4.74 Å². The van der Waals surface area contributed by atoms with Gasteiger partial charge in [0.05, 0.1) is 26.6 Å². The van der Waals surface area contributed by atoms with Gasteiger partial charge in [-0.2, -0.15) is 5.26 Å². The second-order valence-electron chi connectivity index (χ2n) is 5.84. The molecule has 1 aliphatic rings. The van der Waals surface area contributed by atoms with Gasteiger partial charge in [-0.1, -0.05) is 11.6 Å². The highest BCUT2D eigenvalue weighted by Crippen LogP contribution is 2.34. The molecule has 1 aromatic carbocycles. The van der Waals surface area contributed by atoms with Crippen LogP contribution in [0.15, 0.2) is 24.4 Å². The molecule has 6 heteroatoms. The predicted octanol–water partition coefficient (Wildman–Crippen LogP) is 4.65. The van der Waals surface area contributed by atoms with E-state index < -0.39 is 0 Å². The number of hydrogen-bond acceptors (Lipinski definition) is 3. The summed E-state index contributed by atoms with van der Waals surface area (Å²) in [5.41, 5.74) is 0.479. The monoisotopic (exact) mass is 441 g/mol. The van der Waals surface area contributed by atoms with Crippen molar-refractivity contribution in [3.05, 3.63) is 44.5 Å². The first-order valence-corrected chi connectivity index (χ1v) is 9.07. The summed E-state index contributed by atoms with van der Waals surface area (Å²) in [5.74, 6) is 2.42. The molecule has 1 aromatic heterocycles. The number of halogens is 2. The third-order valence-corrected chi connectivity index (χ3v) is 5.69. The van der Waals surface area contributed by atoms with Crippen molar-refractivity contribution in [1.29, 1.82) is 5.26 Å². The van der Waals surface area contributed by atoms with E-state index in [0.29, 0.717) is 16.5 Å². The van der Waals surface area contributed by atoms with Crippen LogP contribution < -0.4 is 4.74 Å². The largest absolute Gasteiger partial charge is 0.490 e. The van der Waals surface area contributed by atoms with Gasteiger partial charge in [0, 0.05) is 19.0 Å². The molecule has 0 aliphatic heterocycles. The zero-order chi connectivity index (χ0) is 16.4. The zero-order valence-corrected chi connectivity index (χ0v) is 15.7. The Morgan fingerprint density at radius 1 is 1.35 bits per heavy atom. The molecule has 0 spiro atoms. The molecular formula is C17H17ClIN3O. The molecule has 1 fully saturated rings. The molecule has 0 bridgehead atoms. The van der Waals surface area contributed by atoms with Crippen LogP contribution in [0.5, 0.6) is 5.75 Å². The SMILES string of the molecule is Cn1c(I)cnc1[C@H]1CC[C@H](Oc2ccc(C#N)c(Cl)c2)CC1. The Kier molecular flexibility index (Phi) is 5.12. The average molecular weight is 442 g/mol. The summed E-state index contributed by atoms with van der Waals surface area (Å²) in [6, 6.07) is 7.31. The van der Waals surface area contributed by atoms with Gasteiger partial charge in [-0.05, 0) is 60.4 Å². The summed E-state index contributed by atoms with van der Waals surface area (Å²) in [6.07, 6.45) is 6.30. The van der Waals surface area contributed by atoms with Crippen molar-refractivity contribution in [3.63, 3.8) is 0 Å². The maximum Gasteiger partial charge on any atom is 0.121 e. The molecule has 4 nitrogen and oxygen atoms in total. The molecule has 0 saturated heterocycles. The van der Waals surface area contributed by atoms with Crippen molar-refractivity contribution in [3.8, 4) is 11.8 Å². The van der Waals surface area contributed by atoms with Crippen LogP contribution in [0.4, 0.5) is 0 Å². The number of hydrogen-bond donors (Lipinski definition) is 0. The van der Waals surface area contributed by atoms with Gasteiger partial charge in [0.1, 0.15) is 17.6 Å². The van der Waals surface area contributed by atoms with Gasteiger partial charge in [0.15, 0.2) is 0 Å². The van der Waals surface area contributed by atoms with Crippen LogP contribution >= 0.6 is 34.2 Å². The van der Waals surface area contributed by atoms with Crippen LogP contribution in [0.3, 0.4) is 0 Å². The number of aromatic nitrogens is 2. The molecule has 0 unspecified atom stereocenters. The van der Waals surface area contributed by atoms with Crippen LogP contribution in [-0.4, -0.2) is 15.7 Å². The minimum absolute atomic E-state index is 0.203. The van der Waals surface area contributed by atoms with E-state index in [1.165, 1.54) is 9.53 Å². The maximum absolute atomic E-state index is 8.91. The van der Waals surface area contributed by atoms with Crippen molar-refractivity contribution in [2.24, 2.45) is 7.05 Å². The normalized spacial score (nSPS) is 21.0. The molecule has 23 heavy (non-hydrogen) atoms. The Morgan fingerprint density at radius 3 is 2.65 bits per heavy atom. The number of nitrogens with zero attached hydrogens (tertiary/aromatic N) is 3. The number of nitriles is 1. The molecule has 3 rings (SSSR count). The third kappa shape index (κ3) is 3.64. The molecule has 1 aliphatic carbocycles. The summed E-state index contributed by atoms with van der Waals surface area (Å²) in [5, 5.41) is 9.35. The van der Waals surface area contributed by atoms with Crippen LogP contribution in [0.25, 0.3) is 0 Å². The molecular weight excluding hydrogens is 425 g/mol. The van der Waals surface area contributed by atoms with E-state index in [9.17, 15) is 0 Å². The molecule has 1 heterocycles. The fourth-order valence-electron chi connectivity index (χ4n) is 3.07. The van der Waals surface area contributed by atoms with E-state index in [2.05, 4.69) is 45.3 Å². The van der Waals surface area contributed by atoms with E-state index in [1.54, 1.807) is 12.1 Å². The standard InChI is InChI=1S/C17H17ClIN3O/c1-22-16(19)10-21-17(22)11-2-5-13(6-3-11)23-14-7-4-12(9-20)15(18)8-14/h4,7-8,10-11,13H,2-3,5-6H2,1H3/t11-,13-. The van der Waals surface area contributed by atoms with Crippen LogP contribution in [0, 0.1) is 15.0 Å². The first-order chi connectivity index (χ1) is 11.1. The van der Waals surface area contributed by atoms with Gasteiger partial charge in [0.2, 0.25) is 0 Å². The average Bonchev–Trinajstić information content (AvgIpc) is 2.88. The van der Waals surface area contributed by atoms with E-state index in [-0.39, 0.29) is 6.10 Å². The van der Waals surface area contributed by atoms with Crippen LogP contribution in [0.1, 0.15) is 43.0 Å². The summed E-state index contributed by atoms with van der Waals surface area (Å²) in [4.78, 5) is 4.55. The highest BCUT2D eigenvalue weighted by atomic mass is 127. The van der Waals surface area contributed by atoms with Crippen LogP contribution in [-0.2, 0) is 7.05 Å². The summed E-state index contributed by atoms with van der Waals surface area (Å²) < 4.78 is 9.38. The lowest BCUT2D eigenvalue weighted by atomic mass is 9.86. The molecule has 0 amide bonds.